The van der Waals surface area contributed by atoms with Crippen LogP contribution in [-0.4, -0.2) is 104 Å². The van der Waals surface area contributed by atoms with Crippen molar-refractivity contribution in [3.8, 4) is 11.5 Å². The number of aromatic amines is 1. The molecule has 1 aliphatic carbocycles. The summed E-state index contributed by atoms with van der Waals surface area (Å²) in [5.74, 6) is -0.912. The summed E-state index contributed by atoms with van der Waals surface area (Å²) in [4.78, 5) is 39.7. The van der Waals surface area contributed by atoms with E-state index < -0.39 is 37.3 Å². The second-order valence-corrected chi connectivity index (χ2v) is 21.3. The van der Waals surface area contributed by atoms with Gasteiger partial charge in [0.2, 0.25) is 0 Å². The SMILES string of the molecule is CC(C)c1ccccc1C1CCCN1C1CC2(CCN(c3cc(Oc4cnc5[nH]ccc5c4)c(C(=O)NS(=O)(=O)c4ccc(NCC5CCN(C6COC6)CC5)c([N+](=O)[O-])c4)cc3F)CC2)C1. The molecule has 4 saturated heterocycles. The number of ether oxygens (including phenoxy) is 2. The van der Waals surface area contributed by atoms with Gasteiger partial charge in [-0.1, -0.05) is 38.1 Å². The summed E-state index contributed by atoms with van der Waals surface area (Å²) >= 11 is 0. The Hall–Kier alpha value is -5.62. The van der Waals surface area contributed by atoms with Gasteiger partial charge in [0.15, 0.2) is 0 Å². The molecule has 2 aromatic heterocycles. The third kappa shape index (κ3) is 9.22. The third-order valence-corrected chi connectivity index (χ3v) is 16.5. The number of sulfonamides is 1. The number of pyridine rings is 1. The lowest BCUT2D eigenvalue weighted by Gasteiger charge is -2.56. The fourth-order valence-electron chi connectivity index (χ4n) is 11.3. The van der Waals surface area contributed by atoms with Gasteiger partial charge in [0.05, 0.1) is 46.5 Å². The Balaban J connectivity index is 0.836. The van der Waals surface area contributed by atoms with Crippen LogP contribution in [0.2, 0.25) is 0 Å². The molecule has 354 valence electrons. The number of rotatable bonds is 14. The van der Waals surface area contributed by atoms with E-state index in [1.54, 1.807) is 12.3 Å². The first-order valence-corrected chi connectivity index (χ1v) is 25.3. The molecule has 5 fully saturated rings. The maximum Gasteiger partial charge on any atom is 0.293 e. The minimum Gasteiger partial charge on any atom is -0.455 e. The molecular weight excluding hydrogens is 876 g/mol. The highest BCUT2D eigenvalue weighted by molar-refractivity contribution is 7.90. The lowest BCUT2D eigenvalue weighted by atomic mass is 9.59. The van der Waals surface area contributed by atoms with E-state index in [0.717, 1.165) is 88.9 Å². The molecule has 10 rings (SSSR count). The molecule has 17 heteroatoms. The first kappa shape index (κ1) is 45.2. The first-order valence-electron chi connectivity index (χ1n) is 23.8. The number of fused-ring (bicyclic) bond motifs is 1. The summed E-state index contributed by atoms with van der Waals surface area (Å²) in [5, 5.41) is 16.1. The molecule has 1 amide bonds. The van der Waals surface area contributed by atoms with E-state index in [2.05, 4.69) is 63.2 Å². The molecule has 1 spiro atoms. The third-order valence-electron chi connectivity index (χ3n) is 15.2. The number of anilines is 2. The Morgan fingerprint density at radius 1 is 1.00 bits per heavy atom. The molecule has 5 aliphatic rings. The summed E-state index contributed by atoms with van der Waals surface area (Å²) in [6.07, 6.45) is 11.4. The molecule has 0 bridgehead atoms. The Morgan fingerprint density at radius 3 is 2.51 bits per heavy atom. The smallest absolute Gasteiger partial charge is 0.293 e. The van der Waals surface area contributed by atoms with Gasteiger partial charge in [-0.15, -0.1) is 0 Å². The minimum absolute atomic E-state index is 0.0658. The lowest BCUT2D eigenvalue weighted by Crippen LogP contribution is -2.55. The number of nitrogens with zero attached hydrogens (tertiary/aromatic N) is 5. The number of likely N-dealkylation sites (tertiary alicyclic amines) is 2. The molecule has 3 aromatic carbocycles. The fraction of sp³-hybridized carbons (Fsp3) is 0.480. The van der Waals surface area contributed by atoms with E-state index >= 15 is 4.39 Å². The zero-order valence-corrected chi connectivity index (χ0v) is 38.9. The van der Waals surface area contributed by atoms with Crippen LogP contribution in [0.4, 0.5) is 21.5 Å². The number of hydrogen-bond acceptors (Lipinski definition) is 12. The number of halogens is 1. The van der Waals surface area contributed by atoms with Crippen molar-refractivity contribution in [2.75, 3.05) is 62.7 Å². The Morgan fingerprint density at radius 2 is 1.78 bits per heavy atom. The molecule has 5 aromatic rings. The number of carbonyl (C=O) groups is 1. The van der Waals surface area contributed by atoms with Gasteiger partial charge >= 0.3 is 0 Å². The first-order chi connectivity index (χ1) is 32.3. The minimum atomic E-state index is -4.68. The van der Waals surface area contributed by atoms with Crippen LogP contribution in [0.25, 0.3) is 11.0 Å². The van der Waals surface area contributed by atoms with Crippen LogP contribution in [-0.2, 0) is 14.8 Å². The summed E-state index contributed by atoms with van der Waals surface area (Å²) in [6.45, 7) is 10.7. The van der Waals surface area contributed by atoms with E-state index in [4.69, 9.17) is 9.47 Å². The van der Waals surface area contributed by atoms with Crippen LogP contribution in [0.5, 0.6) is 11.5 Å². The Kier molecular flexibility index (Phi) is 12.4. The molecule has 1 unspecified atom stereocenters. The van der Waals surface area contributed by atoms with E-state index in [-0.39, 0.29) is 39.8 Å². The van der Waals surface area contributed by atoms with E-state index in [1.807, 2.05) is 15.7 Å². The second-order valence-electron chi connectivity index (χ2n) is 19.6. The van der Waals surface area contributed by atoms with Gasteiger partial charge in [0.1, 0.15) is 28.7 Å². The number of benzene rings is 3. The zero-order chi connectivity index (χ0) is 46.5. The Labute approximate surface area is 390 Å². The molecule has 1 saturated carbocycles. The van der Waals surface area contributed by atoms with E-state index in [9.17, 15) is 23.3 Å². The number of hydrogen-bond donors (Lipinski definition) is 3. The van der Waals surface area contributed by atoms with E-state index in [1.165, 1.54) is 48.4 Å². The highest BCUT2D eigenvalue weighted by Gasteiger charge is 2.50. The number of nitro groups is 1. The van der Waals surface area contributed by atoms with Crippen molar-refractivity contribution in [3.05, 3.63) is 112 Å². The van der Waals surface area contributed by atoms with Crippen molar-refractivity contribution in [3.63, 3.8) is 0 Å². The predicted molar refractivity (Wildman–Crippen MR) is 254 cm³/mol. The number of aromatic nitrogens is 2. The summed E-state index contributed by atoms with van der Waals surface area (Å²) in [5.41, 5.74) is 3.31. The average molecular weight is 935 g/mol. The second kappa shape index (κ2) is 18.5. The van der Waals surface area contributed by atoms with Crippen LogP contribution < -0.4 is 19.7 Å². The molecule has 6 heterocycles. The van der Waals surface area contributed by atoms with Crippen LogP contribution in [0.3, 0.4) is 0 Å². The molecule has 4 aliphatic heterocycles. The van der Waals surface area contributed by atoms with E-state index in [0.29, 0.717) is 49.3 Å². The number of nitrogens with one attached hydrogen (secondary N) is 3. The van der Waals surface area contributed by atoms with Gasteiger partial charge in [-0.2, -0.15) is 0 Å². The summed E-state index contributed by atoms with van der Waals surface area (Å²) in [7, 11) is -4.68. The molecule has 15 nitrogen and oxygen atoms in total. The highest BCUT2D eigenvalue weighted by Crippen LogP contribution is 2.54. The Bertz CT molecular complexity index is 2760. The van der Waals surface area contributed by atoms with Crippen molar-refractivity contribution in [1.29, 1.82) is 0 Å². The summed E-state index contributed by atoms with van der Waals surface area (Å²) in [6, 6.07) is 19.8. The van der Waals surface area contributed by atoms with Gasteiger partial charge in [0.25, 0.3) is 21.6 Å². The molecule has 67 heavy (non-hydrogen) atoms. The summed E-state index contributed by atoms with van der Waals surface area (Å²) < 4.78 is 57.6. The molecule has 1 atom stereocenters. The topological polar surface area (TPSA) is 175 Å². The quantitative estimate of drug-likeness (QED) is 0.0715. The molecule has 3 N–H and O–H groups in total. The fourth-order valence-corrected chi connectivity index (χ4v) is 12.3. The highest BCUT2D eigenvalue weighted by atomic mass is 32.2. The van der Waals surface area contributed by atoms with Crippen LogP contribution in [0.15, 0.2) is 84.0 Å². The van der Waals surface area contributed by atoms with Crippen LogP contribution in [0.1, 0.15) is 98.7 Å². The van der Waals surface area contributed by atoms with Gasteiger partial charge in [0, 0.05) is 55.4 Å². The van der Waals surface area contributed by atoms with Gasteiger partial charge in [-0.3, -0.25) is 24.7 Å². The zero-order valence-electron chi connectivity index (χ0n) is 38.1. The lowest BCUT2D eigenvalue weighted by molar-refractivity contribution is -0.384. The average Bonchev–Trinajstić information content (AvgIpc) is 3.98. The predicted octanol–water partition coefficient (Wildman–Crippen LogP) is 8.75. The van der Waals surface area contributed by atoms with Crippen molar-refractivity contribution in [1.82, 2.24) is 24.5 Å². The van der Waals surface area contributed by atoms with Crippen molar-refractivity contribution in [2.24, 2.45) is 11.3 Å². The number of nitro benzene ring substituents is 1. The monoisotopic (exact) mass is 934 g/mol. The van der Waals surface area contributed by atoms with Crippen molar-refractivity contribution in [2.45, 2.75) is 94.2 Å². The van der Waals surface area contributed by atoms with Crippen LogP contribution in [0, 0.1) is 27.3 Å². The maximum atomic E-state index is 16.4. The standard InChI is InChI=1S/C50H59FN8O7S/c1-32(2)39-6-3-4-7-40(39)44-8-5-17-58(44)35-26-50(27-35)14-20-57(21-15-50)45-25-47(66-37-22-34-11-16-52-48(34)54-29-37)41(24-42(45)51)49(60)55-67(63,64)38-9-10-43(46(23-38)59(61)62)53-28-33-12-18-56(19-13-33)36-30-65-31-36/h3-4,6-7,9-11,16,22-25,29,32-33,35-36,44,53H,5,8,12-15,17-21,26-28,30-31H2,1-2H3,(H,52,54)(H,55,60). The number of piperidine rings is 2. The van der Waals surface area contributed by atoms with Gasteiger partial charge < -0.3 is 24.7 Å². The number of amides is 1. The van der Waals surface area contributed by atoms with Gasteiger partial charge in [-0.25, -0.2) is 22.5 Å². The number of carbonyl (C=O) groups excluding carboxylic acids is 1. The number of H-pyrrole nitrogens is 1. The van der Waals surface area contributed by atoms with Crippen molar-refractivity contribution >= 4 is 44.0 Å². The normalized spacial score (nSPS) is 20.8. The molecule has 0 radical (unpaired) electrons. The maximum absolute atomic E-state index is 16.4. The van der Waals surface area contributed by atoms with Crippen LogP contribution >= 0.6 is 0 Å². The van der Waals surface area contributed by atoms with Gasteiger partial charge in [-0.05, 0) is 130 Å². The molecular formula is C50H59FN8O7S. The largest absolute Gasteiger partial charge is 0.455 e. The van der Waals surface area contributed by atoms with Crippen molar-refractivity contribution < 1.29 is 32.0 Å².